The van der Waals surface area contributed by atoms with Crippen LogP contribution in [0.15, 0.2) is 41.3 Å². The molecule has 7 heteroatoms. The lowest BCUT2D eigenvalue weighted by atomic mass is 10.3. The van der Waals surface area contributed by atoms with Gasteiger partial charge in [-0.05, 0) is 38.1 Å². The van der Waals surface area contributed by atoms with Crippen molar-refractivity contribution < 1.29 is 8.42 Å². The minimum absolute atomic E-state index is 0.209. The first-order valence-electron chi connectivity index (χ1n) is 6.34. The van der Waals surface area contributed by atoms with Crippen molar-refractivity contribution in [2.24, 2.45) is 0 Å². The molecule has 1 aromatic carbocycles. The average molecular weight is 326 g/mol. The minimum atomic E-state index is -3.42. The predicted molar refractivity (Wildman–Crippen MR) is 85.7 cm³/mol. The van der Waals surface area contributed by atoms with Crippen molar-refractivity contribution in [3.8, 4) is 0 Å². The van der Waals surface area contributed by atoms with Crippen LogP contribution >= 0.6 is 11.6 Å². The molecule has 0 saturated heterocycles. The van der Waals surface area contributed by atoms with Gasteiger partial charge in [-0.1, -0.05) is 23.7 Å². The molecule has 112 valence electrons. The molecule has 0 aliphatic heterocycles. The lowest BCUT2D eigenvalue weighted by Gasteiger charge is -2.14. The Morgan fingerprint density at radius 1 is 1.19 bits per heavy atom. The molecule has 0 saturated carbocycles. The zero-order valence-corrected chi connectivity index (χ0v) is 13.2. The van der Waals surface area contributed by atoms with Crippen molar-refractivity contribution in [3.63, 3.8) is 0 Å². The summed E-state index contributed by atoms with van der Waals surface area (Å²) in [5.74, 6) is 0.620. The molecule has 0 aliphatic carbocycles. The summed E-state index contributed by atoms with van der Waals surface area (Å²) in [6.45, 7) is 3.27. The first-order valence-corrected chi connectivity index (χ1v) is 8.27. The summed E-state index contributed by atoms with van der Waals surface area (Å²) in [4.78, 5) is 4.28. The SMILES string of the molecule is CC(C)S(=O)(=O)c1ccccc1Nc1nc(N)ccc1Cl. The second kappa shape index (κ2) is 5.91. The van der Waals surface area contributed by atoms with E-state index in [0.717, 1.165) is 0 Å². The van der Waals surface area contributed by atoms with Crippen LogP contribution in [0, 0.1) is 0 Å². The standard InChI is InChI=1S/C14H16ClN3O2S/c1-9(2)21(19,20)12-6-4-3-5-11(12)17-14-10(15)7-8-13(16)18-14/h3-9H,1-2H3,(H3,16,17,18). The Morgan fingerprint density at radius 3 is 2.52 bits per heavy atom. The fourth-order valence-corrected chi connectivity index (χ4v) is 3.10. The predicted octanol–water partition coefficient (Wildman–Crippen LogP) is 3.24. The molecule has 0 bridgehead atoms. The van der Waals surface area contributed by atoms with Crippen molar-refractivity contribution in [3.05, 3.63) is 41.4 Å². The molecule has 0 aliphatic rings. The normalized spacial score (nSPS) is 11.6. The molecule has 0 unspecified atom stereocenters. The number of pyridine rings is 1. The molecule has 2 rings (SSSR count). The van der Waals surface area contributed by atoms with Crippen LogP contribution < -0.4 is 11.1 Å². The monoisotopic (exact) mass is 325 g/mol. The molecule has 3 N–H and O–H groups in total. The molecule has 0 amide bonds. The Balaban J connectivity index is 2.49. The van der Waals surface area contributed by atoms with Crippen molar-refractivity contribution in [2.45, 2.75) is 24.0 Å². The molecule has 21 heavy (non-hydrogen) atoms. The van der Waals surface area contributed by atoms with E-state index in [4.69, 9.17) is 17.3 Å². The number of hydrogen-bond donors (Lipinski definition) is 2. The zero-order chi connectivity index (χ0) is 15.6. The second-order valence-corrected chi connectivity index (χ2v) is 7.66. The molecular weight excluding hydrogens is 310 g/mol. The highest BCUT2D eigenvalue weighted by atomic mass is 35.5. The van der Waals surface area contributed by atoms with Crippen molar-refractivity contribution in [1.29, 1.82) is 0 Å². The van der Waals surface area contributed by atoms with Gasteiger partial charge in [0.2, 0.25) is 0 Å². The van der Waals surface area contributed by atoms with Crippen molar-refractivity contribution in [1.82, 2.24) is 4.98 Å². The molecule has 5 nitrogen and oxygen atoms in total. The fourth-order valence-electron chi connectivity index (χ4n) is 1.74. The van der Waals surface area contributed by atoms with Crippen molar-refractivity contribution >= 4 is 38.8 Å². The van der Waals surface area contributed by atoms with Crippen LogP contribution in [-0.2, 0) is 9.84 Å². The van der Waals surface area contributed by atoms with E-state index in [1.807, 2.05) is 0 Å². The van der Waals surface area contributed by atoms with Crippen LogP contribution in [0.5, 0.6) is 0 Å². The number of sulfone groups is 1. The van der Waals surface area contributed by atoms with Crippen LogP contribution in [0.25, 0.3) is 0 Å². The highest BCUT2D eigenvalue weighted by Crippen LogP contribution is 2.30. The van der Waals surface area contributed by atoms with E-state index in [9.17, 15) is 8.42 Å². The van der Waals surface area contributed by atoms with Crippen LogP contribution in [0.1, 0.15) is 13.8 Å². The minimum Gasteiger partial charge on any atom is -0.384 e. The van der Waals surface area contributed by atoms with E-state index in [1.165, 1.54) is 0 Å². The fraction of sp³-hybridized carbons (Fsp3) is 0.214. The van der Waals surface area contributed by atoms with Gasteiger partial charge in [0.1, 0.15) is 5.82 Å². The summed E-state index contributed by atoms with van der Waals surface area (Å²) in [6, 6.07) is 9.81. The van der Waals surface area contributed by atoms with E-state index in [-0.39, 0.29) is 4.90 Å². The van der Waals surface area contributed by atoms with Crippen LogP contribution in [0.2, 0.25) is 5.02 Å². The van der Waals surface area contributed by atoms with Gasteiger partial charge in [0.05, 0.1) is 20.9 Å². The maximum Gasteiger partial charge on any atom is 0.182 e. The topological polar surface area (TPSA) is 85.1 Å². The first-order chi connectivity index (χ1) is 9.82. The van der Waals surface area contributed by atoms with Gasteiger partial charge in [0, 0.05) is 0 Å². The van der Waals surface area contributed by atoms with Gasteiger partial charge in [-0.25, -0.2) is 13.4 Å². The summed E-state index contributed by atoms with van der Waals surface area (Å²) in [5.41, 5.74) is 6.05. The average Bonchev–Trinajstić information content (AvgIpc) is 2.43. The van der Waals surface area contributed by atoms with E-state index < -0.39 is 15.1 Å². The second-order valence-electron chi connectivity index (χ2n) is 4.78. The third kappa shape index (κ3) is 3.28. The zero-order valence-electron chi connectivity index (χ0n) is 11.7. The number of benzene rings is 1. The highest BCUT2D eigenvalue weighted by molar-refractivity contribution is 7.92. The number of hydrogen-bond acceptors (Lipinski definition) is 5. The third-order valence-corrected chi connectivity index (χ3v) is 5.45. The molecular formula is C14H16ClN3O2S. The molecule has 1 aromatic heterocycles. The lowest BCUT2D eigenvalue weighted by Crippen LogP contribution is -2.15. The van der Waals surface area contributed by atoms with Crippen LogP contribution in [0.3, 0.4) is 0 Å². The van der Waals surface area contributed by atoms with Crippen LogP contribution in [0.4, 0.5) is 17.3 Å². The third-order valence-electron chi connectivity index (χ3n) is 2.93. The molecule has 0 fully saturated rings. The van der Waals surface area contributed by atoms with Gasteiger partial charge in [0.25, 0.3) is 0 Å². The number of aromatic nitrogens is 1. The van der Waals surface area contributed by atoms with Gasteiger partial charge in [0.15, 0.2) is 15.7 Å². The summed E-state index contributed by atoms with van der Waals surface area (Å²) in [6.07, 6.45) is 0. The van der Waals surface area contributed by atoms with E-state index in [2.05, 4.69) is 10.3 Å². The largest absolute Gasteiger partial charge is 0.384 e. The van der Waals surface area contributed by atoms with Gasteiger partial charge >= 0.3 is 0 Å². The molecule has 0 spiro atoms. The van der Waals surface area contributed by atoms with Crippen LogP contribution in [-0.4, -0.2) is 18.7 Å². The van der Waals surface area contributed by atoms with Crippen molar-refractivity contribution in [2.75, 3.05) is 11.1 Å². The Hall–Kier alpha value is -1.79. The van der Waals surface area contributed by atoms with Gasteiger partial charge < -0.3 is 11.1 Å². The quantitative estimate of drug-likeness (QED) is 0.901. The number of halogens is 1. The summed E-state index contributed by atoms with van der Waals surface area (Å²) >= 11 is 6.05. The maximum atomic E-state index is 12.4. The van der Waals surface area contributed by atoms with Gasteiger partial charge in [-0.3, -0.25) is 0 Å². The lowest BCUT2D eigenvalue weighted by molar-refractivity contribution is 0.588. The maximum absolute atomic E-state index is 12.4. The molecule has 0 radical (unpaired) electrons. The number of nitrogens with zero attached hydrogens (tertiary/aromatic N) is 1. The number of para-hydroxylation sites is 1. The summed E-state index contributed by atoms with van der Waals surface area (Å²) in [7, 11) is -3.42. The van der Waals surface area contributed by atoms with Gasteiger partial charge in [-0.2, -0.15) is 0 Å². The number of rotatable bonds is 4. The number of nitrogen functional groups attached to an aromatic ring is 1. The van der Waals surface area contributed by atoms with E-state index in [1.54, 1.807) is 50.2 Å². The number of nitrogens with one attached hydrogen (secondary N) is 1. The van der Waals surface area contributed by atoms with Gasteiger partial charge in [-0.15, -0.1) is 0 Å². The summed E-state index contributed by atoms with van der Waals surface area (Å²) < 4.78 is 24.8. The van der Waals surface area contributed by atoms with E-state index >= 15 is 0 Å². The smallest absolute Gasteiger partial charge is 0.182 e. The Morgan fingerprint density at radius 2 is 1.86 bits per heavy atom. The highest BCUT2D eigenvalue weighted by Gasteiger charge is 2.22. The Bertz CT molecular complexity index is 761. The number of nitrogens with two attached hydrogens (primary N) is 1. The summed E-state index contributed by atoms with van der Waals surface area (Å²) in [5, 5.41) is 2.78. The Kier molecular flexibility index (Phi) is 4.39. The molecule has 1 heterocycles. The molecule has 2 aromatic rings. The first kappa shape index (κ1) is 15.6. The Labute approximate surface area is 129 Å². The number of anilines is 3. The van der Waals surface area contributed by atoms with E-state index in [0.29, 0.717) is 22.3 Å². The molecule has 0 atom stereocenters.